The lowest BCUT2D eigenvalue weighted by atomic mass is 9.96. The highest BCUT2D eigenvalue weighted by molar-refractivity contribution is 7.56. The van der Waals surface area contributed by atoms with Gasteiger partial charge in [0.2, 0.25) is 0 Å². The topological polar surface area (TPSA) is 170 Å². The van der Waals surface area contributed by atoms with E-state index in [0.29, 0.717) is 17.7 Å². The van der Waals surface area contributed by atoms with Gasteiger partial charge in [0.1, 0.15) is 29.8 Å². The number of hydrogen-bond acceptors (Lipinski definition) is 11. The summed E-state index contributed by atoms with van der Waals surface area (Å²) in [5.74, 6) is -0.978. The molecule has 0 bridgehead atoms. The second kappa shape index (κ2) is 11.8. The largest absolute Gasteiger partial charge is 0.461 e. The molecule has 2 aromatic heterocycles. The number of rotatable bonds is 13. The van der Waals surface area contributed by atoms with Crippen molar-refractivity contribution in [3.63, 3.8) is 0 Å². The van der Waals surface area contributed by atoms with Gasteiger partial charge in [0.25, 0.3) is 7.52 Å². The van der Waals surface area contributed by atoms with Crippen molar-refractivity contribution in [1.29, 1.82) is 0 Å². The molecular formula is C23H37N6O7P. The van der Waals surface area contributed by atoms with Gasteiger partial charge in [0.05, 0.1) is 25.1 Å². The number of hydrogen-bond donors (Lipinski definition) is 2. The Morgan fingerprint density at radius 1 is 1.22 bits per heavy atom. The Morgan fingerprint density at radius 2 is 1.92 bits per heavy atom. The van der Waals surface area contributed by atoms with Gasteiger partial charge in [-0.1, -0.05) is 0 Å². The van der Waals surface area contributed by atoms with Crippen LogP contribution in [0.3, 0.4) is 0 Å². The summed E-state index contributed by atoms with van der Waals surface area (Å²) in [5.41, 5.74) is 5.48. The molecule has 206 valence electrons. The van der Waals surface area contributed by atoms with E-state index in [4.69, 9.17) is 24.5 Å². The molecule has 0 radical (unpaired) electrons. The van der Waals surface area contributed by atoms with Crippen molar-refractivity contribution >= 4 is 36.4 Å². The highest BCUT2D eigenvalue weighted by atomic mass is 31.2. The first-order valence-electron chi connectivity index (χ1n) is 12.3. The molecular weight excluding hydrogens is 503 g/mol. The third-order valence-electron chi connectivity index (χ3n) is 5.71. The second-order valence-corrected chi connectivity index (χ2v) is 12.1. The maximum Gasteiger partial charge on any atom is 0.335 e. The van der Waals surface area contributed by atoms with Gasteiger partial charge in [-0.25, -0.2) is 24.8 Å². The molecule has 3 rings (SSSR count). The third-order valence-corrected chi connectivity index (χ3v) is 7.76. The Morgan fingerprint density at radius 3 is 2.54 bits per heavy atom. The summed E-state index contributed by atoms with van der Waals surface area (Å²) < 4.78 is 37.9. The van der Waals surface area contributed by atoms with Gasteiger partial charge in [-0.2, -0.15) is 0 Å². The van der Waals surface area contributed by atoms with Crippen LogP contribution in [0.1, 0.15) is 60.8 Å². The van der Waals surface area contributed by atoms with Gasteiger partial charge in [-0.3, -0.25) is 9.36 Å². The molecule has 13 nitrogen and oxygen atoms in total. The number of esters is 2. The van der Waals surface area contributed by atoms with E-state index >= 15 is 0 Å². The summed E-state index contributed by atoms with van der Waals surface area (Å²) in [5, 5.41) is 2.78. The van der Waals surface area contributed by atoms with Crippen LogP contribution in [0.2, 0.25) is 0 Å². The van der Waals surface area contributed by atoms with E-state index in [9.17, 15) is 14.2 Å². The number of carbonyl (C=O) groups excluding carboxylic acids is 2. The Labute approximate surface area is 216 Å². The number of nitrogen functional groups attached to an aromatic ring is 1. The summed E-state index contributed by atoms with van der Waals surface area (Å²) in [6.45, 7) is 10.0. The number of anilines is 1. The predicted octanol–water partition coefficient (Wildman–Crippen LogP) is 2.78. The highest BCUT2D eigenvalue weighted by Gasteiger charge is 2.42. The molecule has 1 aliphatic carbocycles. The van der Waals surface area contributed by atoms with E-state index in [2.05, 4.69) is 20.0 Å². The zero-order chi connectivity index (χ0) is 27.4. The Hall–Kier alpha value is -2.60. The molecule has 0 saturated heterocycles. The van der Waals surface area contributed by atoms with Crippen molar-refractivity contribution in [3.05, 3.63) is 12.7 Å². The monoisotopic (exact) mass is 540 g/mol. The van der Waals surface area contributed by atoms with Crippen molar-refractivity contribution < 1.29 is 32.9 Å². The normalized spacial score (nSPS) is 17.7. The molecule has 14 heteroatoms. The lowest BCUT2D eigenvalue weighted by molar-refractivity contribution is -0.159. The van der Waals surface area contributed by atoms with Crippen LogP contribution in [-0.4, -0.2) is 67.8 Å². The molecule has 0 spiro atoms. The molecule has 0 amide bonds. The summed E-state index contributed by atoms with van der Waals surface area (Å²) in [4.78, 5) is 37.5. The van der Waals surface area contributed by atoms with E-state index in [1.807, 2.05) is 0 Å². The molecule has 2 aromatic rings. The quantitative estimate of drug-likeness (QED) is 0.282. The Kier molecular flexibility index (Phi) is 9.27. The minimum atomic E-state index is -3.93. The minimum Gasteiger partial charge on any atom is -0.461 e. The summed E-state index contributed by atoms with van der Waals surface area (Å²) >= 11 is 0. The van der Waals surface area contributed by atoms with Crippen LogP contribution in [0.15, 0.2) is 12.7 Å². The standard InChI is InChI=1S/C23H37N6O7P/c1-14(2)34-21(30)16(4)36-37(32,28-23(5,6)22(31)35-17-8-7-9-17)13-33-15(3)10-29-12-27-18-19(24)25-11-26-20(18)29/h11-12,14-17H,7-10,13H2,1-6H3,(H,28,32)(H2,24,25,26)/t15-,16+,37?/m1/s1. The molecule has 1 unspecified atom stereocenters. The van der Waals surface area contributed by atoms with Gasteiger partial charge in [-0.15, -0.1) is 0 Å². The molecule has 0 aliphatic heterocycles. The molecule has 3 N–H and O–H groups in total. The first-order valence-corrected chi connectivity index (χ1v) is 14.1. The smallest absolute Gasteiger partial charge is 0.335 e. The molecule has 1 fully saturated rings. The average molecular weight is 541 g/mol. The van der Waals surface area contributed by atoms with Crippen LogP contribution in [0.5, 0.6) is 0 Å². The zero-order valence-corrected chi connectivity index (χ0v) is 23.1. The average Bonchev–Trinajstić information content (AvgIpc) is 3.17. The SMILES string of the molecule is CC(C)OC(=O)[C@H](C)OP(=O)(CO[C@H](C)Cn1cnc2c(N)ncnc21)NC(C)(C)C(=O)OC1CCC1. The van der Waals surface area contributed by atoms with Crippen LogP contribution < -0.4 is 10.8 Å². The predicted molar refractivity (Wildman–Crippen MR) is 135 cm³/mol. The van der Waals surface area contributed by atoms with Gasteiger partial charge in [0.15, 0.2) is 17.6 Å². The molecule has 1 saturated carbocycles. The lowest BCUT2D eigenvalue weighted by Crippen LogP contribution is -2.49. The Bertz CT molecular complexity index is 1150. The van der Waals surface area contributed by atoms with Gasteiger partial charge in [-0.05, 0) is 60.8 Å². The first-order chi connectivity index (χ1) is 17.3. The fourth-order valence-corrected chi connectivity index (χ4v) is 5.73. The summed E-state index contributed by atoms with van der Waals surface area (Å²) in [7, 11) is -3.93. The fourth-order valence-electron chi connectivity index (χ4n) is 3.56. The van der Waals surface area contributed by atoms with Crippen LogP contribution in [0.4, 0.5) is 5.82 Å². The van der Waals surface area contributed by atoms with E-state index in [1.165, 1.54) is 13.3 Å². The number of fused-ring (bicyclic) bond motifs is 1. The van der Waals surface area contributed by atoms with Crippen molar-refractivity contribution in [3.8, 4) is 0 Å². The molecule has 37 heavy (non-hydrogen) atoms. The van der Waals surface area contributed by atoms with Crippen molar-refractivity contribution in [2.45, 2.75) is 97.3 Å². The number of nitrogens with two attached hydrogens (primary N) is 1. The second-order valence-electron chi connectivity index (χ2n) is 10.0. The molecule has 0 aromatic carbocycles. The lowest BCUT2D eigenvalue weighted by Gasteiger charge is -2.34. The number of carbonyl (C=O) groups is 2. The van der Waals surface area contributed by atoms with Crippen LogP contribution in [0, 0.1) is 0 Å². The summed E-state index contributed by atoms with van der Waals surface area (Å²) in [6.07, 6.45) is 2.92. The van der Waals surface area contributed by atoms with Gasteiger partial charge < -0.3 is 29.0 Å². The van der Waals surface area contributed by atoms with Crippen LogP contribution in [-0.2, 0) is 39.4 Å². The van der Waals surface area contributed by atoms with E-state index in [-0.39, 0.29) is 18.0 Å². The van der Waals surface area contributed by atoms with Gasteiger partial charge in [0, 0.05) is 0 Å². The maximum atomic E-state index is 13.9. The van der Waals surface area contributed by atoms with Crippen LogP contribution in [0.25, 0.3) is 11.2 Å². The number of aromatic nitrogens is 4. The third kappa shape index (κ3) is 7.70. The minimum absolute atomic E-state index is 0.145. The highest BCUT2D eigenvalue weighted by Crippen LogP contribution is 2.46. The fraction of sp³-hybridized carbons (Fsp3) is 0.696. The number of nitrogens with one attached hydrogen (secondary N) is 1. The molecule has 3 atom stereocenters. The summed E-state index contributed by atoms with van der Waals surface area (Å²) in [6, 6.07) is 0. The maximum absolute atomic E-state index is 13.9. The van der Waals surface area contributed by atoms with Gasteiger partial charge >= 0.3 is 11.9 Å². The van der Waals surface area contributed by atoms with E-state index < -0.39 is 43.6 Å². The zero-order valence-electron chi connectivity index (χ0n) is 22.2. The van der Waals surface area contributed by atoms with Crippen molar-refractivity contribution in [2.24, 2.45) is 0 Å². The van der Waals surface area contributed by atoms with Crippen molar-refractivity contribution in [1.82, 2.24) is 24.6 Å². The van der Waals surface area contributed by atoms with E-state index in [1.54, 1.807) is 45.5 Å². The molecule has 2 heterocycles. The number of ether oxygens (including phenoxy) is 3. The first kappa shape index (κ1) is 29.0. The number of imidazole rings is 1. The molecule has 1 aliphatic rings. The van der Waals surface area contributed by atoms with E-state index in [0.717, 1.165) is 19.3 Å². The number of nitrogens with zero attached hydrogens (tertiary/aromatic N) is 4. The van der Waals surface area contributed by atoms with Crippen LogP contribution >= 0.6 is 7.52 Å². The Balaban J connectivity index is 1.71. The van der Waals surface area contributed by atoms with Crippen molar-refractivity contribution in [2.75, 3.05) is 12.1 Å².